The maximum absolute atomic E-state index is 12.1. The van der Waals surface area contributed by atoms with Crippen molar-refractivity contribution in [2.75, 3.05) is 18.8 Å². The lowest BCUT2D eigenvalue weighted by atomic mass is 10.1. The summed E-state index contributed by atoms with van der Waals surface area (Å²) in [7, 11) is 0. The SMILES string of the molecule is O=C(O)c1cn(C2CN(C(=O)C3CCCS3)C2)nn1. The number of hydrogen-bond acceptors (Lipinski definition) is 5. The summed E-state index contributed by atoms with van der Waals surface area (Å²) in [6, 6.07) is 0.0518. The summed E-state index contributed by atoms with van der Waals surface area (Å²) in [6.45, 7) is 1.19. The molecule has 0 bridgehead atoms. The molecule has 2 fully saturated rings. The number of rotatable bonds is 3. The predicted molar refractivity (Wildman–Crippen MR) is 68.1 cm³/mol. The Bertz CT molecular complexity index is 506. The van der Waals surface area contributed by atoms with Crippen molar-refractivity contribution in [3.8, 4) is 0 Å². The third-order valence-corrected chi connectivity index (χ3v) is 4.85. The fraction of sp³-hybridized carbons (Fsp3) is 0.636. The van der Waals surface area contributed by atoms with Gasteiger partial charge in [0.25, 0.3) is 0 Å². The van der Waals surface area contributed by atoms with Crippen LogP contribution < -0.4 is 0 Å². The molecule has 1 aromatic rings. The third-order valence-electron chi connectivity index (χ3n) is 3.48. The average molecular weight is 282 g/mol. The second kappa shape index (κ2) is 4.84. The van der Waals surface area contributed by atoms with E-state index in [0.29, 0.717) is 13.1 Å². The number of carboxylic acid groups (broad SMARTS) is 1. The standard InChI is InChI=1S/C11H14N4O3S/c16-10(9-2-1-3-19-9)14-4-7(5-14)15-6-8(11(17)18)12-13-15/h6-7,9H,1-5H2,(H,17,18). The molecular weight excluding hydrogens is 268 g/mol. The molecule has 0 spiro atoms. The van der Waals surface area contributed by atoms with Crippen LogP contribution in [-0.4, -0.2) is 61.0 Å². The number of amides is 1. The van der Waals surface area contributed by atoms with Crippen LogP contribution in [0.25, 0.3) is 0 Å². The second-order valence-electron chi connectivity index (χ2n) is 4.79. The zero-order chi connectivity index (χ0) is 13.4. The van der Waals surface area contributed by atoms with E-state index in [1.807, 2.05) is 4.90 Å². The summed E-state index contributed by atoms with van der Waals surface area (Å²) in [5.74, 6) is 0.191. The monoisotopic (exact) mass is 282 g/mol. The zero-order valence-electron chi connectivity index (χ0n) is 10.2. The number of aromatic nitrogens is 3. The largest absolute Gasteiger partial charge is 0.476 e. The van der Waals surface area contributed by atoms with E-state index in [0.717, 1.165) is 18.6 Å². The van der Waals surface area contributed by atoms with Gasteiger partial charge in [0.05, 0.1) is 17.5 Å². The lowest BCUT2D eigenvalue weighted by Crippen LogP contribution is -2.53. The molecule has 0 radical (unpaired) electrons. The first-order valence-electron chi connectivity index (χ1n) is 6.20. The first-order valence-corrected chi connectivity index (χ1v) is 7.25. The fourth-order valence-electron chi connectivity index (χ4n) is 2.33. The van der Waals surface area contributed by atoms with Crippen LogP contribution in [0.4, 0.5) is 0 Å². The molecule has 1 aromatic heterocycles. The van der Waals surface area contributed by atoms with Crippen LogP contribution in [0, 0.1) is 0 Å². The Morgan fingerprint density at radius 2 is 2.21 bits per heavy atom. The maximum atomic E-state index is 12.1. The van der Waals surface area contributed by atoms with Crippen LogP contribution in [0.5, 0.6) is 0 Å². The van der Waals surface area contributed by atoms with E-state index in [2.05, 4.69) is 10.3 Å². The van der Waals surface area contributed by atoms with E-state index in [1.165, 1.54) is 10.9 Å². The van der Waals surface area contributed by atoms with Gasteiger partial charge < -0.3 is 10.0 Å². The van der Waals surface area contributed by atoms with Crippen LogP contribution in [0.2, 0.25) is 0 Å². The van der Waals surface area contributed by atoms with Gasteiger partial charge in [0, 0.05) is 13.1 Å². The Balaban J connectivity index is 1.56. The highest BCUT2D eigenvalue weighted by atomic mass is 32.2. The number of nitrogens with zero attached hydrogens (tertiary/aromatic N) is 4. The van der Waals surface area contributed by atoms with Gasteiger partial charge in [-0.3, -0.25) is 4.79 Å². The summed E-state index contributed by atoms with van der Waals surface area (Å²) < 4.78 is 1.54. The van der Waals surface area contributed by atoms with E-state index in [4.69, 9.17) is 5.11 Å². The minimum absolute atomic E-state index is 0.0518. The number of thioether (sulfide) groups is 1. The highest BCUT2D eigenvalue weighted by molar-refractivity contribution is 8.00. The third kappa shape index (κ3) is 2.32. The smallest absolute Gasteiger partial charge is 0.358 e. The van der Waals surface area contributed by atoms with Gasteiger partial charge in [-0.2, -0.15) is 0 Å². The molecule has 2 saturated heterocycles. The van der Waals surface area contributed by atoms with Crippen LogP contribution in [0.1, 0.15) is 29.4 Å². The Morgan fingerprint density at radius 1 is 1.42 bits per heavy atom. The van der Waals surface area contributed by atoms with Crippen LogP contribution in [0.3, 0.4) is 0 Å². The Morgan fingerprint density at radius 3 is 2.79 bits per heavy atom. The van der Waals surface area contributed by atoms with Crippen molar-refractivity contribution in [1.82, 2.24) is 19.9 Å². The minimum Gasteiger partial charge on any atom is -0.476 e. The zero-order valence-corrected chi connectivity index (χ0v) is 11.0. The van der Waals surface area contributed by atoms with Crippen molar-refractivity contribution < 1.29 is 14.7 Å². The second-order valence-corrected chi connectivity index (χ2v) is 6.10. The summed E-state index contributed by atoms with van der Waals surface area (Å²) in [6.07, 6.45) is 3.50. The van der Waals surface area contributed by atoms with E-state index < -0.39 is 5.97 Å². The molecular formula is C11H14N4O3S. The van der Waals surface area contributed by atoms with Gasteiger partial charge in [-0.15, -0.1) is 16.9 Å². The Kier molecular flexibility index (Phi) is 3.17. The minimum atomic E-state index is -1.08. The lowest BCUT2D eigenvalue weighted by Gasteiger charge is -2.40. The van der Waals surface area contributed by atoms with Crippen molar-refractivity contribution >= 4 is 23.6 Å². The van der Waals surface area contributed by atoms with E-state index in [1.54, 1.807) is 11.8 Å². The van der Waals surface area contributed by atoms with Gasteiger partial charge in [-0.1, -0.05) is 5.21 Å². The molecule has 7 nitrogen and oxygen atoms in total. The summed E-state index contributed by atoms with van der Waals surface area (Å²) in [4.78, 5) is 24.6. The first-order chi connectivity index (χ1) is 9.15. The molecule has 1 unspecified atom stereocenters. The molecule has 0 aliphatic carbocycles. The molecule has 1 atom stereocenters. The highest BCUT2D eigenvalue weighted by Gasteiger charge is 2.37. The summed E-state index contributed by atoms with van der Waals surface area (Å²) in [5, 5.41) is 16.3. The van der Waals surface area contributed by atoms with E-state index in [9.17, 15) is 9.59 Å². The van der Waals surface area contributed by atoms with Crippen molar-refractivity contribution in [2.45, 2.75) is 24.1 Å². The van der Waals surface area contributed by atoms with Gasteiger partial charge >= 0.3 is 5.97 Å². The molecule has 19 heavy (non-hydrogen) atoms. The van der Waals surface area contributed by atoms with Gasteiger partial charge in [-0.05, 0) is 18.6 Å². The van der Waals surface area contributed by atoms with Crippen molar-refractivity contribution in [3.05, 3.63) is 11.9 Å². The fourth-order valence-corrected chi connectivity index (χ4v) is 3.57. The highest BCUT2D eigenvalue weighted by Crippen LogP contribution is 2.31. The normalized spacial score (nSPS) is 23.4. The van der Waals surface area contributed by atoms with Gasteiger partial charge in [0.1, 0.15) is 0 Å². The summed E-state index contributed by atoms with van der Waals surface area (Å²) >= 11 is 1.73. The van der Waals surface area contributed by atoms with Crippen LogP contribution in [-0.2, 0) is 4.79 Å². The topological polar surface area (TPSA) is 88.3 Å². The number of hydrogen-bond donors (Lipinski definition) is 1. The van der Waals surface area contributed by atoms with Crippen molar-refractivity contribution in [3.63, 3.8) is 0 Å². The number of aromatic carboxylic acids is 1. The van der Waals surface area contributed by atoms with Crippen molar-refractivity contribution in [2.24, 2.45) is 0 Å². The molecule has 102 valence electrons. The molecule has 2 aliphatic heterocycles. The van der Waals surface area contributed by atoms with Crippen molar-refractivity contribution in [1.29, 1.82) is 0 Å². The van der Waals surface area contributed by atoms with Gasteiger partial charge in [-0.25, -0.2) is 9.48 Å². The maximum Gasteiger partial charge on any atom is 0.358 e. The molecule has 1 N–H and O–H groups in total. The molecule has 1 amide bonds. The predicted octanol–water partition coefficient (Wildman–Crippen LogP) is 0.255. The quantitative estimate of drug-likeness (QED) is 0.855. The first kappa shape index (κ1) is 12.5. The molecule has 3 heterocycles. The van der Waals surface area contributed by atoms with Crippen LogP contribution >= 0.6 is 11.8 Å². The number of likely N-dealkylation sites (tertiary alicyclic amines) is 1. The number of carbonyl (C=O) groups is 2. The molecule has 0 saturated carbocycles. The number of carboxylic acids is 1. The molecule has 3 rings (SSSR count). The molecule has 2 aliphatic rings. The van der Waals surface area contributed by atoms with Gasteiger partial charge in [0.2, 0.25) is 5.91 Å². The summed E-state index contributed by atoms with van der Waals surface area (Å²) in [5.41, 5.74) is -0.0591. The average Bonchev–Trinajstić information content (AvgIpc) is 2.98. The Hall–Kier alpha value is -1.57. The van der Waals surface area contributed by atoms with E-state index >= 15 is 0 Å². The molecule has 8 heteroatoms. The Labute approximate surface area is 113 Å². The van der Waals surface area contributed by atoms with Gasteiger partial charge in [0.15, 0.2) is 5.69 Å². The molecule has 0 aromatic carbocycles. The van der Waals surface area contributed by atoms with E-state index in [-0.39, 0.29) is 22.9 Å². The number of carbonyl (C=O) groups excluding carboxylic acids is 1. The lowest BCUT2D eigenvalue weighted by molar-refractivity contribution is -0.136. The van der Waals surface area contributed by atoms with Crippen LogP contribution in [0.15, 0.2) is 6.20 Å².